The molecule has 1 radical (unpaired) electrons. The van der Waals surface area contributed by atoms with Crippen molar-refractivity contribution in [1.82, 2.24) is 4.90 Å². The van der Waals surface area contributed by atoms with Crippen LogP contribution in [0.4, 0.5) is 0 Å². The molecule has 2 heteroatoms. The summed E-state index contributed by atoms with van der Waals surface area (Å²) < 4.78 is 0. The number of benzene rings is 2. The lowest BCUT2D eigenvalue weighted by atomic mass is 9.98. The Hall–Kier alpha value is -1.80. The first kappa shape index (κ1) is 11.7. The normalized spacial score (nSPS) is 12.6. The van der Waals surface area contributed by atoms with E-state index >= 15 is 0 Å². The van der Waals surface area contributed by atoms with Gasteiger partial charge in [0.05, 0.1) is 6.04 Å². The first-order valence-electron chi connectivity index (χ1n) is 5.60. The van der Waals surface area contributed by atoms with E-state index in [1.807, 2.05) is 38.4 Å². The zero-order chi connectivity index (χ0) is 12.3. The second-order valence-electron chi connectivity index (χ2n) is 4.29. The number of hydrogen-bond donors (Lipinski definition) is 1. The summed E-state index contributed by atoms with van der Waals surface area (Å²) in [4.78, 5) is 2.13. The van der Waals surface area contributed by atoms with Gasteiger partial charge in [-0.15, -0.1) is 0 Å². The highest BCUT2D eigenvalue weighted by Gasteiger charge is 2.16. The third kappa shape index (κ3) is 2.66. The average Bonchev–Trinajstić information content (AvgIpc) is 2.30. The molecule has 2 aromatic rings. The minimum atomic E-state index is 0.150. The van der Waals surface area contributed by atoms with Crippen molar-refractivity contribution in [2.24, 2.45) is 0 Å². The maximum atomic E-state index is 9.57. The molecule has 0 amide bonds. The van der Waals surface area contributed by atoms with Gasteiger partial charge in [0.25, 0.3) is 0 Å². The molecule has 0 bridgehead atoms. The lowest BCUT2D eigenvalue weighted by Crippen LogP contribution is -2.20. The number of hydrogen-bond acceptors (Lipinski definition) is 2. The highest BCUT2D eigenvalue weighted by molar-refractivity contribution is 5.35. The summed E-state index contributed by atoms with van der Waals surface area (Å²) in [5.41, 5.74) is 2.28. The second kappa shape index (κ2) is 5.02. The van der Waals surface area contributed by atoms with Crippen molar-refractivity contribution >= 4 is 0 Å². The summed E-state index contributed by atoms with van der Waals surface area (Å²) in [7, 11) is 4.07. The van der Waals surface area contributed by atoms with Crippen LogP contribution >= 0.6 is 0 Å². The molecule has 0 aliphatic heterocycles. The molecule has 0 saturated heterocycles. The fourth-order valence-electron chi connectivity index (χ4n) is 2.07. The van der Waals surface area contributed by atoms with E-state index in [1.54, 1.807) is 12.1 Å². The SMILES string of the molecule is CN(C)C(c1cc[c]cc1)c1cccc(O)c1. The fraction of sp³-hybridized carbons (Fsp3) is 0.200. The second-order valence-corrected chi connectivity index (χ2v) is 4.29. The van der Waals surface area contributed by atoms with Crippen molar-refractivity contribution < 1.29 is 5.11 Å². The molecule has 0 aromatic heterocycles. The van der Waals surface area contributed by atoms with Crippen LogP contribution in [0.2, 0.25) is 0 Å². The first-order chi connectivity index (χ1) is 8.18. The van der Waals surface area contributed by atoms with Gasteiger partial charge in [-0.3, -0.25) is 4.90 Å². The van der Waals surface area contributed by atoms with Gasteiger partial charge in [-0.05, 0) is 43.4 Å². The van der Waals surface area contributed by atoms with Gasteiger partial charge in [-0.1, -0.05) is 36.4 Å². The Kier molecular flexibility index (Phi) is 3.45. The van der Waals surface area contributed by atoms with Crippen LogP contribution in [0.5, 0.6) is 5.75 Å². The summed E-state index contributed by atoms with van der Waals surface area (Å²) in [6, 6.07) is 18.5. The molecule has 1 atom stereocenters. The molecular weight excluding hydrogens is 210 g/mol. The van der Waals surface area contributed by atoms with Gasteiger partial charge in [0.2, 0.25) is 0 Å². The summed E-state index contributed by atoms with van der Waals surface area (Å²) in [5.74, 6) is 0.303. The average molecular weight is 226 g/mol. The number of phenolic OH excluding ortho intramolecular Hbond substituents is 1. The lowest BCUT2D eigenvalue weighted by molar-refractivity contribution is 0.341. The van der Waals surface area contributed by atoms with Crippen LogP contribution in [0.15, 0.2) is 48.5 Å². The summed E-state index contributed by atoms with van der Waals surface area (Å²) >= 11 is 0. The Morgan fingerprint density at radius 1 is 1.06 bits per heavy atom. The van der Waals surface area contributed by atoms with E-state index in [9.17, 15) is 5.11 Å². The van der Waals surface area contributed by atoms with Crippen molar-refractivity contribution in [2.75, 3.05) is 14.1 Å². The molecule has 2 nitrogen and oxygen atoms in total. The Bertz CT molecular complexity index is 479. The van der Waals surface area contributed by atoms with Crippen molar-refractivity contribution in [2.45, 2.75) is 6.04 Å². The molecule has 0 aliphatic carbocycles. The topological polar surface area (TPSA) is 23.5 Å². The van der Waals surface area contributed by atoms with E-state index in [4.69, 9.17) is 0 Å². The van der Waals surface area contributed by atoms with Crippen LogP contribution in [0.1, 0.15) is 17.2 Å². The predicted octanol–water partition coefficient (Wildman–Crippen LogP) is 2.84. The zero-order valence-electron chi connectivity index (χ0n) is 10.1. The van der Waals surface area contributed by atoms with E-state index < -0.39 is 0 Å². The Labute approximate surface area is 102 Å². The minimum absolute atomic E-state index is 0.150. The van der Waals surface area contributed by atoms with E-state index in [2.05, 4.69) is 23.1 Å². The van der Waals surface area contributed by atoms with E-state index in [0.29, 0.717) is 5.75 Å². The largest absolute Gasteiger partial charge is 0.508 e. The van der Waals surface area contributed by atoms with Crippen LogP contribution in [-0.2, 0) is 0 Å². The molecule has 87 valence electrons. The van der Waals surface area contributed by atoms with E-state index in [-0.39, 0.29) is 6.04 Å². The van der Waals surface area contributed by atoms with Gasteiger partial charge < -0.3 is 5.11 Å². The molecule has 2 rings (SSSR count). The van der Waals surface area contributed by atoms with Gasteiger partial charge in [0.1, 0.15) is 5.75 Å². The van der Waals surface area contributed by atoms with Crippen molar-refractivity contribution in [3.05, 3.63) is 65.7 Å². The quantitative estimate of drug-likeness (QED) is 0.870. The third-order valence-corrected chi connectivity index (χ3v) is 2.76. The highest BCUT2D eigenvalue weighted by Crippen LogP contribution is 2.28. The van der Waals surface area contributed by atoms with Crippen LogP contribution < -0.4 is 0 Å². The van der Waals surface area contributed by atoms with Crippen molar-refractivity contribution in [3.63, 3.8) is 0 Å². The first-order valence-corrected chi connectivity index (χ1v) is 5.60. The third-order valence-electron chi connectivity index (χ3n) is 2.76. The monoisotopic (exact) mass is 226 g/mol. The number of phenols is 1. The number of nitrogens with zero attached hydrogens (tertiary/aromatic N) is 1. The molecule has 0 spiro atoms. The molecule has 2 aromatic carbocycles. The van der Waals surface area contributed by atoms with Crippen molar-refractivity contribution in [3.8, 4) is 5.75 Å². The van der Waals surface area contributed by atoms with Crippen LogP contribution in [0.25, 0.3) is 0 Å². The molecule has 0 fully saturated rings. The van der Waals surface area contributed by atoms with Crippen LogP contribution in [-0.4, -0.2) is 24.1 Å². The summed E-state index contributed by atoms with van der Waals surface area (Å²) in [5, 5.41) is 9.57. The minimum Gasteiger partial charge on any atom is -0.508 e. The Balaban J connectivity index is 2.43. The Morgan fingerprint density at radius 3 is 2.35 bits per heavy atom. The number of rotatable bonds is 3. The highest BCUT2D eigenvalue weighted by atomic mass is 16.3. The molecule has 17 heavy (non-hydrogen) atoms. The standard InChI is InChI=1S/C15H16NO/c1-16(2)15(12-7-4-3-5-8-12)13-9-6-10-14(17)11-13/h4-11,15,17H,1-2H3. The van der Waals surface area contributed by atoms with Gasteiger partial charge >= 0.3 is 0 Å². The zero-order valence-corrected chi connectivity index (χ0v) is 10.1. The Morgan fingerprint density at radius 2 is 1.76 bits per heavy atom. The molecular formula is C15H16NO. The summed E-state index contributed by atoms with van der Waals surface area (Å²) in [6.07, 6.45) is 0. The van der Waals surface area contributed by atoms with E-state index in [1.165, 1.54) is 5.56 Å². The van der Waals surface area contributed by atoms with Gasteiger partial charge in [-0.25, -0.2) is 0 Å². The smallest absolute Gasteiger partial charge is 0.115 e. The maximum Gasteiger partial charge on any atom is 0.115 e. The molecule has 1 N–H and O–H groups in total. The van der Waals surface area contributed by atoms with Crippen LogP contribution in [0.3, 0.4) is 0 Å². The summed E-state index contributed by atoms with van der Waals surface area (Å²) in [6.45, 7) is 0. The fourth-order valence-corrected chi connectivity index (χ4v) is 2.07. The number of aromatic hydroxyl groups is 1. The van der Waals surface area contributed by atoms with Gasteiger partial charge in [-0.2, -0.15) is 0 Å². The molecule has 1 unspecified atom stereocenters. The molecule has 0 aliphatic rings. The van der Waals surface area contributed by atoms with E-state index in [0.717, 1.165) is 5.56 Å². The van der Waals surface area contributed by atoms with Crippen molar-refractivity contribution in [1.29, 1.82) is 0 Å². The predicted molar refractivity (Wildman–Crippen MR) is 68.9 cm³/mol. The van der Waals surface area contributed by atoms with Gasteiger partial charge in [0.15, 0.2) is 0 Å². The van der Waals surface area contributed by atoms with Gasteiger partial charge in [0, 0.05) is 0 Å². The molecule has 0 saturated carbocycles. The van der Waals surface area contributed by atoms with Crippen LogP contribution in [0, 0.1) is 6.07 Å². The maximum absolute atomic E-state index is 9.57. The lowest BCUT2D eigenvalue weighted by Gasteiger charge is -2.25. The molecule has 0 heterocycles.